The van der Waals surface area contributed by atoms with E-state index >= 15 is 0 Å². The molecule has 0 saturated carbocycles. The van der Waals surface area contributed by atoms with Crippen molar-refractivity contribution in [1.29, 1.82) is 0 Å². The zero-order chi connectivity index (χ0) is 10.6. The van der Waals surface area contributed by atoms with Crippen LogP contribution in [-0.4, -0.2) is 6.54 Å². The van der Waals surface area contributed by atoms with Crippen LogP contribution >= 0.6 is 15.9 Å². The van der Waals surface area contributed by atoms with E-state index in [0.29, 0.717) is 18.5 Å². The van der Waals surface area contributed by atoms with Crippen LogP contribution in [0.25, 0.3) is 0 Å². The lowest BCUT2D eigenvalue weighted by Gasteiger charge is -2.03. The molecule has 0 aliphatic carbocycles. The predicted molar refractivity (Wildman–Crippen MR) is 56.1 cm³/mol. The Morgan fingerprint density at radius 3 is 2.21 bits per heavy atom. The number of aryl methyl sites for hydroxylation is 1. The summed E-state index contributed by atoms with van der Waals surface area (Å²) >= 11 is 2.83. The number of benzene rings is 1. The lowest BCUT2D eigenvalue weighted by molar-refractivity contribution is 0.567. The van der Waals surface area contributed by atoms with Gasteiger partial charge in [0, 0.05) is 0 Å². The Hall–Kier alpha value is -0.480. The summed E-state index contributed by atoms with van der Waals surface area (Å²) in [4.78, 5) is 0. The molecule has 0 amide bonds. The van der Waals surface area contributed by atoms with E-state index in [4.69, 9.17) is 5.73 Å². The van der Waals surface area contributed by atoms with E-state index in [-0.39, 0.29) is 4.47 Å². The molecule has 0 aromatic heterocycles. The standard InChI is InChI=1S/C10H12BrF2N/c11-10-8(12)5-7(6-9(10)13)3-1-2-4-14/h5-6H,1-4,14H2. The van der Waals surface area contributed by atoms with Gasteiger partial charge in [0.05, 0.1) is 4.47 Å². The number of hydrogen-bond donors (Lipinski definition) is 1. The summed E-state index contributed by atoms with van der Waals surface area (Å²) < 4.78 is 26.0. The molecule has 1 aromatic carbocycles. The van der Waals surface area contributed by atoms with Gasteiger partial charge >= 0.3 is 0 Å². The molecule has 0 fully saturated rings. The first-order valence-corrected chi connectivity index (χ1v) is 5.28. The lowest BCUT2D eigenvalue weighted by Crippen LogP contribution is -1.99. The Bertz CT molecular complexity index is 292. The second kappa shape index (κ2) is 5.41. The molecular weight excluding hydrogens is 252 g/mol. The van der Waals surface area contributed by atoms with E-state index in [9.17, 15) is 8.78 Å². The van der Waals surface area contributed by atoms with E-state index in [0.717, 1.165) is 12.8 Å². The van der Waals surface area contributed by atoms with Gasteiger partial charge in [0.15, 0.2) is 0 Å². The monoisotopic (exact) mass is 263 g/mol. The molecule has 1 aromatic rings. The molecule has 14 heavy (non-hydrogen) atoms. The number of halogens is 3. The van der Waals surface area contributed by atoms with Crippen molar-refractivity contribution in [2.24, 2.45) is 5.73 Å². The molecular formula is C10H12BrF2N. The molecule has 0 saturated heterocycles. The van der Waals surface area contributed by atoms with Crippen LogP contribution in [-0.2, 0) is 6.42 Å². The minimum absolute atomic E-state index is 0.0972. The van der Waals surface area contributed by atoms with Crippen molar-refractivity contribution in [3.63, 3.8) is 0 Å². The maximum absolute atomic E-state index is 13.0. The van der Waals surface area contributed by atoms with Gasteiger partial charge in [-0.05, 0) is 59.4 Å². The van der Waals surface area contributed by atoms with Crippen LogP contribution in [0.4, 0.5) is 8.78 Å². The smallest absolute Gasteiger partial charge is 0.140 e. The quantitative estimate of drug-likeness (QED) is 0.656. The highest BCUT2D eigenvalue weighted by Crippen LogP contribution is 2.21. The van der Waals surface area contributed by atoms with Crippen LogP contribution in [0, 0.1) is 11.6 Å². The SMILES string of the molecule is NCCCCc1cc(F)c(Br)c(F)c1. The van der Waals surface area contributed by atoms with Crippen LogP contribution in [0.15, 0.2) is 16.6 Å². The topological polar surface area (TPSA) is 26.0 Å². The lowest BCUT2D eigenvalue weighted by atomic mass is 10.1. The maximum atomic E-state index is 13.0. The van der Waals surface area contributed by atoms with E-state index in [1.807, 2.05) is 0 Å². The number of hydrogen-bond acceptors (Lipinski definition) is 1. The van der Waals surface area contributed by atoms with Crippen molar-refractivity contribution >= 4 is 15.9 Å². The fourth-order valence-corrected chi connectivity index (χ4v) is 1.45. The summed E-state index contributed by atoms with van der Waals surface area (Å²) in [5.41, 5.74) is 6.00. The van der Waals surface area contributed by atoms with Gasteiger partial charge in [-0.2, -0.15) is 0 Å². The summed E-state index contributed by atoms with van der Waals surface area (Å²) in [5.74, 6) is -1.10. The minimum Gasteiger partial charge on any atom is -0.330 e. The molecule has 78 valence electrons. The van der Waals surface area contributed by atoms with Gasteiger partial charge in [-0.25, -0.2) is 8.78 Å². The number of nitrogens with two attached hydrogens (primary N) is 1. The molecule has 0 bridgehead atoms. The van der Waals surface area contributed by atoms with Gasteiger partial charge in [0.25, 0.3) is 0 Å². The molecule has 0 atom stereocenters. The van der Waals surface area contributed by atoms with Crippen LogP contribution in [0.1, 0.15) is 18.4 Å². The zero-order valence-electron chi connectivity index (χ0n) is 7.69. The van der Waals surface area contributed by atoms with Gasteiger partial charge < -0.3 is 5.73 Å². The van der Waals surface area contributed by atoms with Gasteiger partial charge in [0.2, 0.25) is 0 Å². The highest BCUT2D eigenvalue weighted by Gasteiger charge is 2.07. The second-order valence-electron chi connectivity index (χ2n) is 3.12. The third kappa shape index (κ3) is 3.03. The maximum Gasteiger partial charge on any atom is 0.140 e. The normalized spacial score (nSPS) is 10.6. The fourth-order valence-electron chi connectivity index (χ4n) is 1.23. The van der Waals surface area contributed by atoms with Gasteiger partial charge in [-0.1, -0.05) is 0 Å². The largest absolute Gasteiger partial charge is 0.330 e. The van der Waals surface area contributed by atoms with Gasteiger partial charge in [0.1, 0.15) is 11.6 Å². The molecule has 0 unspecified atom stereocenters. The van der Waals surface area contributed by atoms with E-state index in [1.165, 1.54) is 12.1 Å². The molecule has 0 spiro atoms. The summed E-state index contributed by atoms with van der Waals surface area (Å²) in [6.07, 6.45) is 2.40. The first kappa shape index (κ1) is 11.6. The Kier molecular flexibility index (Phi) is 4.48. The molecule has 0 aliphatic heterocycles. The van der Waals surface area contributed by atoms with Crippen LogP contribution < -0.4 is 5.73 Å². The average molecular weight is 264 g/mol. The Balaban J connectivity index is 2.69. The van der Waals surface area contributed by atoms with Crippen molar-refractivity contribution in [2.45, 2.75) is 19.3 Å². The molecule has 4 heteroatoms. The van der Waals surface area contributed by atoms with Crippen molar-refractivity contribution in [3.05, 3.63) is 33.8 Å². The van der Waals surface area contributed by atoms with Crippen molar-refractivity contribution in [2.75, 3.05) is 6.54 Å². The Morgan fingerprint density at radius 1 is 1.14 bits per heavy atom. The van der Waals surface area contributed by atoms with Crippen molar-refractivity contribution in [1.82, 2.24) is 0 Å². The van der Waals surface area contributed by atoms with E-state index < -0.39 is 11.6 Å². The number of rotatable bonds is 4. The third-order valence-corrected chi connectivity index (χ3v) is 2.72. The predicted octanol–water partition coefficient (Wildman–Crippen LogP) is 3.01. The third-order valence-electron chi connectivity index (χ3n) is 1.96. The Labute approximate surface area is 90.4 Å². The molecule has 0 heterocycles. The summed E-state index contributed by atoms with van der Waals surface area (Å²) in [7, 11) is 0. The molecule has 0 aliphatic rings. The number of unbranched alkanes of at least 4 members (excludes halogenated alkanes) is 1. The van der Waals surface area contributed by atoms with Crippen LogP contribution in [0.3, 0.4) is 0 Å². The fraction of sp³-hybridized carbons (Fsp3) is 0.400. The first-order chi connectivity index (χ1) is 6.65. The minimum atomic E-state index is -0.548. The average Bonchev–Trinajstić information content (AvgIpc) is 2.14. The van der Waals surface area contributed by atoms with Gasteiger partial charge in [-0.15, -0.1) is 0 Å². The molecule has 1 nitrogen and oxygen atoms in total. The molecule has 1 rings (SSSR count). The van der Waals surface area contributed by atoms with E-state index in [1.54, 1.807) is 0 Å². The van der Waals surface area contributed by atoms with E-state index in [2.05, 4.69) is 15.9 Å². The summed E-state index contributed by atoms with van der Waals surface area (Å²) in [5, 5.41) is 0. The van der Waals surface area contributed by atoms with Crippen molar-refractivity contribution in [3.8, 4) is 0 Å². The highest BCUT2D eigenvalue weighted by molar-refractivity contribution is 9.10. The first-order valence-electron chi connectivity index (χ1n) is 4.48. The second-order valence-corrected chi connectivity index (χ2v) is 3.91. The van der Waals surface area contributed by atoms with Crippen LogP contribution in [0.5, 0.6) is 0 Å². The summed E-state index contributed by atoms with van der Waals surface area (Å²) in [6, 6.07) is 2.70. The van der Waals surface area contributed by atoms with Crippen molar-refractivity contribution < 1.29 is 8.78 Å². The summed E-state index contributed by atoms with van der Waals surface area (Å²) in [6.45, 7) is 0.613. The Morgan fingerprint density at radius 2 is 1.71 bits per heavy atom. The van der Waals surface area contributed by atoms with Crippen LogP contribution in [0.2, 0.25) is 0 Å². The molecule has 2 N–H and O–H groups in total. The molecule has 0 radical (unpaired) electrons. The van der Waals surface area contributed by atoms with Gasteiger partial charge in [-0.3, -0.25) is 0 Å². The highest BCUT2D eigenvalue weighted by atomic mass is 79.9. The zero-order valence-corrected chi connectivity index (χ0v) is 9.28.